The molecule has 2 aromatic rings. The third kappa shape index (κ3) is 2.34. The van der Waals surface area contributed by atoms with Crippen LogP contribution >= 0.6 is 11.6 Å². The van der Waals surface area contributed by atoms with Gasteiger partial charge in [-0.1, -0.05) is 12.1 Å². The minimum Gasteiger partial charge on any atom is -0.497 e. The summed E-state index contributed by atoms with van der Waals surface area (Å²) in [6, 6.07) is 9.93. The van der Waals surface area contributed by atoms with Crippen LogP contribution in [0, 0.1) is 0 Å². The number of hydrogen-bond acceptors (Lipinski definition) is 2. The molecule has 0 bridgehead atoms. The van der Waals surface area contributed by atoms with E-state index in [2.05, 4.69) is 4.98 Å². The van der Waals surface area contributed by atoms with Crippen molar-refractivity contribution in [2.24, 2.45) is 0 Å². The van der Waals surface area contributed by atoms with Gasteiger partial charge in [-0.05, 0) is 29.3 Å². The standard InChI is InChI=1S/C13H12ClNO/c1-16-13-4-2-11(3-5-13)12-6-10(7-14)8-15-9-12/h2-6,8-9H,7H2,1H3. The van der Waals surface area contributed by atoms with E-state index in [1.165, 1.54) is 0 Å². The van der Waals surface area contributed by atoms with E-state index in [4.69, 9.17) is 16.3 Å². The van der Waals surface area contributed by atoms with Crippen molar-refractivity contribution in [3.05, 3.63) is 48.3 Å². The van der Waals surface area contributed by atoms with E-state index in [0.29, 0.717) is 5.88 Å². The first-order valence-corrected chi connectivity index (χ1v) is 5.51. The molecule has 2 rings (SSSR count). The number of halogens is 1. The third-order valence-corrected chi connectivity index (χ3v) is 2.68. The van der Waals surface area contributed by atoms with Gasteiger partial charge in [0.05, 0.1) is 7.11 Å². The first-order valence-electron chi connectivity index (χ1n) is 4.98. The van der Waals surface area contributed by atoms with E-state index in [1.54, 1.807) is 13.3 Å². The monoisotopic (exact) mass is 233 g/mol. The first-order chi connectivity index (χ1) is 7.83. The number of methoxy groups -OCH3 is 1. The minimum absolute atomic E-state index is 0.483. The van der Waals surface area contributed by atoms with Gasteiger partial charge in [0.25, 0.3) is 0 Å². The Kier molecular flexibility index (Phi) is 3.42. The second-order valence-electron chi connectivity index (χ2n) is 3.44. The molecule has 0 saturated heterocycles. The SMILES string of the molecule is COc1ccc(-c2cncc(CCl)c2)cc1. The Hall–Kier alpha value is -1.54. The number of nitrogens with zero attached hydrogens (tertiary/aromatic N) is 1. The van der Waals surface area contributed by atoms with Crippen LogP contribution in [0.1, 0.15) is 5.56 Å². The zero-order valence-electron chi connectivity index (χ0n) is 8.98. The Morgan fingerprint density at radius 1 is 1.12 bits per heavy atom. The van der Waals surface area contributed by atoms with Crippen molar-refractivity contribution in [1.82, 2.24) is 4.98 Å². The Morgan fingerprint density at radius 2 is 1.88 bits per heavy atom. The maximum Gasteiger partial charge on any atom is 0.118 e. The van der Waals surface area contributed by atoms with Crippen LogP contribution in [0.25, 0.3) is 11.1 Å². The van der Waals surface area contributed by atoms with E-state index < -0.39 is 0 Å². The number of ether oxygens (including phenoxy) is 1. The fourth-order valence-corrected chi connectivity index (χ4v) is 1.65. The molecule has 82 valence electrons. The molecule has 0 N–H and O–H groups in total. The van der Waals surface area contributed by atoms with Crippen LogP contribution in [0.15, 0.2) is 42.7 Å². The summed E-state index contributed by atoms with van der Waals surface area (Å²) < 4.78 is 5.11. The van der Waals surface area contributed by atoms with Gasteiger partial charge in [0.1, 0.15) is 5.75 Å². The van der Waals surface area contributed by atoms with E-state index >= 15 is 0 Å². The topological polar surface area (TPSA) is 22.1 Å². The van der Waals surface area contributed by atoms with E-state index in [-0.39, 0.29) is 0 Å². The summed E-state index contributed by atoms with van der Waals surface area (Å²) in [5.74, 6) is 1.34. The molecular weight excluding hydrogens is 222 g/mol. The summed E-state index contributed by atoms with van der Waals surface area (Å²) in [7, 11) is 1.66. The van der Waals surface area contributed by atoms with Gasteiger partial charge in [-0.25, -0.2) is 0 Å². The van der Waals surface area contributed by atoms with E-state index in [1.807, 2.05) is 36.5 Å². The van der Waals surface area contributed by atoms with Gasteiger partial charge in [-0.2, -0.15) is 0 Å². The molecule has 0 radical (unpaired) electrons. The fourth-order valence-electron chi connectivity index (χ4n) is 1.50. The highest BCUT2D eigenvalue weighted by atomic mass is 35.5. The lowest BCUT2D eigenvalue weighted by Gasteiger charge is -2.04. The smallest absolute Gasteiger partial charge is 0.118 e. The highest BCUT2D eigenvalue weighted by molar-refractivity contribution is 6.17. The number of rotatable bonds is 3. The third-order valence-electron chi connectivity index (χ3n) is 2.37. The zero-order valence-corrected chi connectivity index (χ0v) is 9.74. The maximum atomic E-state index is 5.77. The van der Waals surface area contributed by atoms with Gasteiger partial charge < -0.3 is 4.74 Å². The van der Waals surface area contributed by atoms with Gasteiger partial charge in [-0.15, -0.1) is 11.6 Å². The van der Waals surface area contributed by atoms with Crippen molar-refractivity contribution in [2.45, 2.75) is 5.88 Å². The number of pyridine rings is 1. The molecule has 0 aliphatic heterocycles. The van der Waals surface area contributed by atoms with Crippen molar-refractivity contribution in [2.75, 3.05) is 7.11 Å². The molecule has 1 aromatic carbocycles. The van der Waals surface area contributed by atoms with E-state index in [0.717, 1.165) is 22.4 Å². The van der Waals surface area contributed by atoms with Crippen LogP contribution < -0.4 is 4.74 Å². The van der Waals surface area contributed by atoms with Gasteiger partial charge >= 0.3 is 0 Å². The van der Waals surface area contributed by atoms with Crippen LogP contribution in [0.5, 0.6) is 5.75 Å². The molecule has 0 unspecified atom stereocenters. The predicted molar refractivity (Wildman–Crippen MR) is 65.8 cm³/mol. The second kappa shape index (κ2) is 4.99. The Bertz CT molecular complexity index is 468. The summed E-state index contributed by atoms with van der Waals surface area (Å²) in [6.07, 6.45) is 3.61. The first kappa shape index (κ1) is 11.0. The van der Waals surface area contributed by atoms with Crippen LogP contribution in [-0.2, 0) is 5.88 Å². The number of hydrogen-bond donors (Lipinski definition) is 0. The Labute approximate surface area is 99.9 Å². The van der Waals surface area contributed by atoms with Crippen molar-refractivity contribution < 1.29 is 4.74 Å². The summed E-state index contributed by atoms with van der Waals surface area (Å²) in [5.41, 5.74) is 3.20. The molecular formula is C13H12ClNO. The predicted octanol–water partition coefficient (Wildman–Crippen LogP) is 3.50. The summed E-state index contributed by atoms with van der Waals surface area (Å²) in [5, 5.41) is 0. The molecule has 0 saturated carbocycles. The van der Waals surface area contributed by atoms with Crippen molar-refractivity contribution >= 4 is 11.6 Å². The second-order valence-corrected chi connectivity index (χ2v) is 3.71. The quantitative estimate of drug-likeness (QED) is 0.757. The molecule has 0 aliphatic carbocycles. The zero-order chi connectivity index (χ0) is 11.4. The van der Waals surface area contributed by atoms with Gasteiger partial charge in [0.15, 0.2) is 0 Å². The summed E-state index contributed by atoms with van der Waals surface area (Å²) in [4.78, 5) is 4.16. The Morgan fingerprint density at radius 3 is 2.50 bits per heavy atom. The lowest BCUT2D eigenvalue weighted by atomic mass is 10.1. The molecule has 0 spiro atoms. The van der Waals surface area contributed by atoms with Gasteiger partial charge in [0.2, 0.25) is 0 Å². The minimum atomic E-state index is 0.483. The molecule has 2 nitrogen and oxygen atoms in total. The van der Waals surface area contributed by atoms with Gasteiger partial charge in [-0.3, -0.25) is 4.98 Å². The van der Waals surface area contributed by atoms with Crippen molar-refractivity contribution in [1.29, 1.82) is 0 Å². The average molecular weight is 234 g/mol. The van der Waals surface area contributed by atoms with E-state index in [9.17, 15) is 0 Å². The van der Waals surface area contributed by atoms with Gasteiger partial charge in [0, 0.05) is 23.8 Å². The number of benzene rings is 1. The molecule has 1 aromatic heterocycles. The summed E-state index contributed by atoms with van der Waals surface area (Å²) in [6.45, 7) is 0. The van der Waals surface area contributed by atoms with Crippen LogP contribution in [-0.4, -0.2) is 12.1 Å². The Balaban J connectivity index is 2.34. The van der Waals surface area contributed by atoms with Crippen molar-refractivity contribution in [3.63, 3.8) is 0 Å². The highest BCUT2D eigenvalue weighted by Crippen LogP contribution is 2.22. The highest BCUT2D eigenvalue weighted by Gasteiger charge is 2.00. The average Bonchev–Trinajstić information content (AvgIpc) is 2.39. The molecule has 0 fully saturated rings. The molecule has 16 heavy (non-hydrogen) atoms. The maximum absolute atomic E-state index is 5.77. The summed E-state index contributed by atoms with van der Waals surface area (Å²) >= 11 is 5.77. The fraction of sp³-hybridized carbons (Fsp3) is 0.154. The lowest BCUT2D eigenvalue weighted by molar-refractivity contribution is 0.415. The van der Waals surface area contributed by atoms with Crippen LogP contribution in [0.4, 0.5) is 0 Å². The molecule has 3 heteroatoms. The molecule has 0 amide bonds. The molecule has 0 aliphatic rings. The number of aromatic nitrogens is 1. The molecule has 1 heterocycles. The van der Waals surface area contributed by atoms with Crippen LogP contribution in [0.3, 0.4) is 0 Å². The largest absolute Gasteiger partial charge is 0.497 e. The molecule has 0 atom stereocenters. The van der Waals surface area contributed by atoms with Crippen molar-refractivity contribution in [3.8, 4) is 16.9 Å². The number of alkyl halides is 1. The normalized spacial score (nSPS) is 10.1. The lowest BCUT2D eigenvalue weighted by Crippen LogP contribution is -1.86. The van der Waals surface area contributed by atoms with Crippen LogP contribution in [0.2, 0.25) is 0 Å².